The fourth-order valence-electron chi connectivity index (χ4n) is 4.10. The molecule has 4 nitrogen and oxygen atoms in total. The van der Waals surface area contributed by atoms with Crippen molar-refractivity contribution in [2.75, 3.05) is 33.8 Å². The van der Waals surface area contributed by atoms with Crippen molar-refractivity contribution < 1.29 is 9.53 Å². The van der Waals surface area contributed by atoms with E-state index in [1.165, 1.54) is 0 Å². The molecule has 1 aliphatic rings. The van der Waals surface area contributed by atoms with Crippen molar-refractivity contribution in [1.82, 2.24) is 9.80 Å². The highest BCUT2D eigenvalue weighted by Gasteiger charge is 2.44. The van der Waals surface area contributed by atoms with Gasteiger partial charge in [0.1, 0.15) is 5.75 Å². The van der Waals surface area contributed by atoms with Gasteiger partial charge in [-0.05, 0) is 44.6 Å². The normalized spacial score (nSPS) is 16.4. The Balaban J connectivity index is 1.95. The number of rotatable bonds is 7. The summed E-state index contributed by atoms with van der Waals surface area (Å²) >= 11 is 0. The molecule has 0 spiro atoms. The van der Waals surface area contributed by atoms with E-state index in [1.807, 2.05) is 47.4 Å². The summed E-state index contributed by atoms with van der Waals surface area (Å²) in [6, 6.07) is 18.1. The van der Waals surface area contributed by atoms with Crippen LogP contribution in [0.4, 0.5) is 0 Å². The zero-order chi connectivity index (χ0) is 20.0. The van der Waals surface area contributed by atoms with Crippen LogP contribution >= 0.6 is 0 Å². The predicted octanol–water partition coefficient (Wildman–Crippen LogP) is 3.87. The molecule has 1 heterocycles. The smallest absolute Gasteiger partial charge is 0.233 e. The monoisotopic (exact) mass is 378 g/mol. The number of methoxy groups -OCH3 is 1. The van der Waals surface area contributed by atoms with Crippen LogP contribution in [0.1, 0.15) is 24.0 Å². The summed E-state index contributed by atoms with van der Waals surface area (Å²) in [6.45, 7) is 6.74. The molecule has 0 aromatic heterocycles. The first-order valence-corrected chi connectivity index (χ1v) is 9.87. The van der Waals surface area contributed by atoms with Crippen molar-refractivity contribution in [3.05, 3.63) is 78.4 Å². The van der Waals surface area contributed by atoms with Gasteiger partial charge in [-0.15, -0.1) is 6.58 Å². The number of amides is 1. The second-order valence-corrected chi connectivity index (χ2v) is 7.54. The van der Waals surface area contributed by atoms with Crippen molar-refractivity contribution in [1.29, 1.82) is 0 Å². The standard InChI is InChI=1S/C24H30N2O2/c1-4-16-26(19-20-10-8-9-13-22(20)28-3)23(27)24(14-17-25(2)18-15-24)21-11-6-5-7-12-21/h4-13H,1,14-19H2,2-3H3. The molecule has 1 amide bonds. The lowest BCUT2D eigenvalue weighted by Gasteiger charge is -2.42. The van der Waals surface area contributed by atoms with Crippen molar-refractivity contribution >= 4 is 5.91 Å². The third-order valence-corrected chi connectivity index (χ3v) is 5.77. The van der Waals surface area contributed by atoms with Crippen molar-refractivity contribution in [2.45, 2.75) is 24.8 Å². The predicted molar refractivity (Wildman–Crippen MR) is 113 cm³/mol. The average Bonchev–Trinajstić information content (AvgIpc) is 2.74. The molecular weight excluding hydrogens is 348 g/mol. The topological polar surface area (TPSA) is 32.8 Å². The highest BCUT2D eigenvalue weighted by Crippen LogP contribution is 2.38. The molecule has 0 N–H and O–H groups in total. The average molecular weight is 379 g/mol. The summed E-state index contributed by atoms with van der Waals surface area (Å²) in [6.07, 6.45) is 3.46. The molecule has 1 aliphatic heterocycles. The first-order chi connectivity index (χ1) is 13.6. The van der Waals surface area contributed by atoms with Crippen LogP contribution in [-0.2, 0) is 16.8 Å². The van der Waals surface area contributed by atoms with E-state index in [2.05, 4.69) is 30.7 Å². The van der Waals surface area contributed by atoms with Crippen LogP contribution in [0, 0.1) is 0 Å². The number of para-hydroxylation sites is 1. The summed E-state index contributed by atoms with van der Waals surface area (Å²) in [7, 11) is 3.79. The van der Waals surface area contributed by atoms with Crippen molar-refractivity contribution in [2.24, 2.45) is 0 Å². The minimum Gasteiger partial charge on any atom is -0.496 e. The maximum Gasteiger partial charge on any atom is 0.233 e. The molecule has 0 atom stereocenters. The van der Waals surface area contributed by atoms with Crippen LogP contribution in [0.3, 0.4) is 0 Å². The Morgan fingerprint density at radius 2 is 1.79 bits per heavy atom. The van der Waals surface area contributed by atoms with Crippen LogP contribution in [-0.4, -0.2) is 49.5 Å². The molecule has 2 aromatic rings. The Hall–Kier alpha value is -2.59. The van der Waals surface area contributed by atoms with Gasteiger partial charge < -0.3 is 14.5 Å². The van der Waals surface area contributed by atoms with Crippen LogP contribution < -0.4 is 4.74 Å². The summed E-state index contributed by atoms with van der Waals surface area (Å²) in [4.78, 5) is 18.2. The summed E-state index contributed by atoms with van der Waals surface area (Å²) < 4.78 is 5.50. The van der Waals surface area contributed by atoms with Crippen LogP contribution in [0.2, 0.25) is 0 Å². The lowest BCUT2D eigenvalue weighted by molar-refractivity contribution is -0.139. The first-order valence-electron chi connectivity index (χ1n) is 9.87. The fourth-order valence-corrected chi connectivity index (χ4v) is 4.10. The minimum absolute atomic E-state index is 0.178. The SMILES string of the molecule is C=CCN(Cc1ccccc1OC)C(=O)C1(c2ccccc2)CCN(C)CC1. The van der Waals surface area contributed by atoms with Gasteiger partial charge >= 0.3 is 0 Å². The van der Waals surface area contributed by atoms with E-state index in [4.69, 9.17) is 4.74 Å². The van der Waals surface area contributed by atoms with E-state index >= 15 is 0 Å². The number of benzene rings is 2. The van der Waals surface area contributed by atoms with Gasteiger partial charge in [-0.3, -0.25) is 4.79 Å². The minimum atomic E-state index is -0.487. The van der Waals surface area contributed by atoms with Crippen LogP contribution in [0.25, 0.3) is 0 Å². The van der Waals surface area contributed by atoms with E-state index in [0.29, 0.717) is 13.1 Å². The molecule has 1 fully saturated rings. The number of ether oxygens (including phenoxy) is 1. The van der Waals surface area contributed by atoms with Gasteiger partial charge in [0.25, 0.3) is 0 Å². The number of piperidine rings is 1. The third-order valence-electron chi connectivity index (χ3n) is 5.77. The van der Waals surface area contributed by atoms with Gasteiger partial charge in [-0.2, -0.15) is 0 Å². The molecule has 3 rings (SSSR count). The molecule has 148 valence electrons. The number of likely N-dealkylation sites (tertiary alicyclic amines) is 1. The van der Waals surface area contributed by atoms with Crippen LogP contribution in [0.15, 0.2) is 67.3 Å². The number of hydrogen-bond acceptors (Lipinski definition) is 3. The Labute approximate surface area is 168 Å². The zero-order valence-corrected chi connectivity index (χ0v) is 16.9. The lowest BCUT2D eigenvalue weighted by Crippen LogP contribution is -2.52. The Morgan fingerprint density at radius 1 is 1.14 bits per heavy atom. The molecular formula is C24H30N2O2. The van der Waals surface area contributed by atoms with Gasteiger partial charge in [0, 0.05) is 18.7 Å². The summed E-state index contributed by atoms with van der Waals surface area (Å²) in [5.41, 5.74) is 1.64. The molecule has 0 aliphatic carbocycles. The quantitative estimate of drug-likeness (QED) is 0.686. The second kappa shape index (κ2) is 9.07. The molecule has 1 saturated heterocycles. The van der Waals surface area contributed by atoms with E-state index in [-0.39, 0.29) is 5.91 Å². The highest BCUT2D eigenvalue weighted by molar-refractivity contribution is 5.88. The molecule has 4 heteroatoms. The first kappa shape index (κ1) is 20.2. The zero-order valence-electron chi connectivity index (χ0n) is 16.9. The number of hydrogen-bond donors (Lipinski definition) is 0. The van der Waals surface area contributed by atoms with E-state index < -0.39 is 5.41 Å². The van der Waals surface area contributed by atoms with Gasteiger partial charge in [0.15, 0.2) is 0 Å². The van der Waals surface area contributed by atoms with Gasteiger partial charge in [0.05, 0.1) is 12.5 Å². The highest BCUT2D eigenvalue weighted by atomic mass is 16.5. The molecule has 0 saturated carbocycles. The molecule has 0 bridgehead atoms. The summed E-state index contributed by atoms with van der Waals surface area (Å²) in [5.74, 6) is 0.985. The molecule has 28 heavy (non-hydrogen) atoms. The number of carbonyl (C=O) groups is 1. The van der Waals surface area contributed by atoms with Gasteiger partial charge in [-0.25, -0.2) is 0 Å². The van der Waals surface area contributed by atoms with E-state index in [9.17, 15) is 4.79 Å². The van der Waals surface area contributed by atoms with Gasteiger partial charge in [-0.1, -0.05) is 54.6 Å². The second-order valence-electron chi connectivity index (χ2n) is 7.54. The largest absolute Gasteiger partial charge is 0.496 e. The number of nitrogens with zero attached hydrogens (tertiary/aromatic N) is 2. The Bertz CT molecular complexity index is 795. The molecule has 0 radical (unpaired) electrons. The van der Waals surface area contributed by atoms with E-state index in [1.54, 1.807) is 13.2 Å². The maximum atomic E-state index is 13.9. The Morgan fingerprint density at radius 3 is 2.43 bits per heavy atom. The van der Waals surface area contributed by atoms with Gasteiger partial charge in [0.2, 0.25) is 5.91 Å². The van der Waals surface area contributed by atoms with Crippen molar-refractivity contribution in [3.8, 4) is 5.75 Å². The summed E-state index contributed by atoms with van der Waals surface area (Å²) in [5, 5.41) is 0. The van der Waals surface area contributed by atoms with E-state index in [0.717, 1.165) is 42.8 Å². The molecule has 0 unspecified atom stereocenters. The lowest BCUT2D eigenvalue weighted by atomic mass is 9.71. The molecule has 2 aromatic carbocycles. The van der Waals surface area contributed by atoms with Crippen molar-refractivity contribution in [3.63, 3.8) is 0 Å². The van der Waals surface area contributed by atoms with Crippen LogP contribution in [0.5, 0.6) is 5.75 Å². The number of carbonyl (C=O) groups excluding carboxylic acids is 1. The fraction of sp³-hybridized carbons (Fsp3) is 0.375. The maximum absolute atomic E-state index is 13.9. The third kappa shape index (κ3) is 4.12. The Kier molecular flexibility index (Phi) is 6.53.